The number of fused-ring (bicyclic) bond motifs is 3. The minimum Gasteiger partial charge on any atom is -0.422 e. The number of oxazole rings is 1. The number of hydrogen-bond acceptors (Lipinski definition) is 11. The molecule has 3 saturated heterocycles. The number of aliphatic hydroxyl groups excluding tert-OH is 1. The summed E-state index contributed by atoms with van der Waals surface area (Å²) in [5.41, 5.74) is 8.23. The molecule has 0 saturated carbocycles. The number of nitrogens with zero attached hydrogens (tertiary/aromatic N) is 6. The molecule has 1 amide bonds. The first kappa shape index (κ1) is 25.3. The van der Waals surface area contributed by atoms with Gasteiger partial charge in [-0.2, -0.15) is 4.98 Å². The second-order valence-electron chi connectivity index (χ2n) is 10.1. The Labute approximate surface area is 225 Å². The van der Waals surface area contributed by atoms with Gasteiger partial charge in [-0.05, 0) is 37.8 Å². The third kappa shape index (κ3) is 4.92. The normalized spacial score (nSPS) is 23.6. The lowest BCUT2D eigenvalue weighted by Gasteiger charge is -2.38. The van der Waals surface area contributed by atoms with Crippen molar-refractivity contribution in [1.29, 1.82) is 0 Å². The standard InChI is InChI=1S/C27H32N8O4/c1-29-15-16(14-28)21-3-2-4-23(30-21)31-26(37)20-13-22-24(33-27(39-22)34-7-9-38-10-8-34)32-25(20)35-17-5-6-18(35)12-19(36)11-17/h2-4,13-15,17-19,36H,5-12,28H2,1H3,(H,30,31,37)/b16-14+,29-15?. The van der Waals surface area contributed by atoms with Gasteiger partial charge in [0, 0.05) is 56.3 Å². The Bertz CT molecular complexity index is 1420. The molecular formula is C27H32N8O4. The van der Waals surface area contributed by atoms with Crippen molar-refractivity contribution in [2.75, 3.05) is 48.5 Å². The summed E-state index contributed by atoms with van der Waals surface area (Å²) in [6, 6.07) is 7.71. The summed E-state index contributed by atoms with van der Waals surface area (Å²) in [6.45, 7) is 2.54. The highest BCUT2D eigenvalue weighted by atomic mass is 16.5. The van der Waals surface area contributed by atoms with Gasteiger partial charge in [-0.25, -0.2) is 9.97 Å². The second kappa shape index (κ2) is 10.6. The lowest BCUT2D eigenvalue weighted by Crippen LogP contribution is -2.46. The summed E-state index contributed by atoms with van der Waals surface area (Å²) in [5.74, 6) is 0.565. The number of ether oxygens (including phenoxy) is 1. The average Bonchev–Trinajstić information content (AvgIpc) is 3.49. The van der Waals surface area contributed by atoms with Crippen molar-refractivity contribution < 1.29 is 19.1 Å². The maximum atomic E-state index is 13.8. The van der Waals surface area contributed by atoms with Crippen molar-refractivity contribution in [1.82, 2.24) is 15.0 Å². The second-order valence-corrected chi connectivity index (χ2v) is 10.1. The summed E-state index contributed by atoms with van der Waals surface area (Å²) in [4.78, 5) is 36.1. The van der Waals surface area contributed by atoms with E-state index >= 15 is 0 Å². The zero-order chi connectivity index (χ0) is 26.9. The molecular weight excluding hydrogens is 500 g/mol. The Morgan fingerprint density at radius 1 is 1.18 bits per heavy atom. The number of piperidine rings is 1. The molecule has 2 unspecified atom stereocenters. The number of amides is 1. The van der Waals surface area contributed by atoms with E-state index in [1.807, 2.05) is 4.90 Å². The van der Waals surface area contributed by atoms with Crippen LogP contribution in [0.2, 0.25) is 0 Å². The van der Waals surface area contributed by atoms with Crippen LogP contribution in [0.4, 0.5) is 17.7 Å². The predicted octanol–water partition coefficient (Wildman–Crippen LogP) is 2.20. The van der Waals surface area contributed by atoms with E-state index in [0.717, 1.165) is 12.8 Å². The molecule has 3 aliphatic rings. The molecule has 0 aliphatic carbocycles. The predicted molar refractivity (Wildman–Crippen MR) is 148 cm³/mol. The van der Waals surface area contributed by atoms with Gasteiger partial charge >= 0.3 is 0 Å². The van der Waals surface area contributed by atoms with E-state index in [-0.39, 0.29) is 24.1 Å². The van der Waals surface area contributed by atoms with Crippen molar-refractivity contribution in [2.45, 2.75) is 43.9 Å². The van der Waals surface area contributed by atoms with Crippen molar-refractivity contribution in [3.63, 3.8) is 0 Å². The number of allylic oxidation sites excluding steroid dienone is 1. The molecule has 6 rings (SSSR count). The Morgan fingerprint density at radius 3 is 2.67 bits per heavy atom. The molecule has 4 N–H and O–H groups in total. The van der Waals surface area contributed by atoms with Crippen LogP contribution < -0.4 is 20.9 Å². The van der Waals surface area contributed by atoms with Gasteiger partial charge in [0.2, 0.25) is 5.65 Å². The van der Waals surface area contributed by atoms with E-state index in [9.17, 15) is 9.90 Å². The maximum absolute atomic E-state index is 13.8. The van der Waals surface area contributed by atoms with Crippen LogP contribution in [0.25, 0.3) is 16.8 Å². The summed E-state index contributed by atoms with van der Waals surface area (Å²) >= 11 is 0. The van der Waals surface area contributed by atoms with Gasteiger partial charge in [-0.1, -0.05) is 6.07 Å². The van der Waals surface area contributed by atoms with Crippen LogP contribution in [0.1, 0.15) is 41.7 Å². The van der Waals surface area contributed by atoms with E-state index in [0.29, 0.717) is 84.9 Å². The molecule has 0 spiro atoms. The fourth-order valence-corrected chi connectivity index (χ4v) is 5.77. The lowest BCUT2D eigenvalue weighted by atomic mass is 9.99. The minimum absolute atomic E-state index is 0.105. The molecule has 204 valence electrons. The third-order valence-corrected chi connectivity index (χ3v) is 7.56. The van der Waals surface area contributed by atoms with Crippen LogP contribution in [0.15, 0.2) is 39.9 Å². The van der Waals surface area contributed by atoms with Crippen LogP contribution in [-0.4, -0.2) is 83.7 Å². The van der Waals surface area contributed by atoms with Gasteiger partial charge in [0.15, 0.2) is 5.58 Å². The molecule has 0 radical (unpaired) electrons. The fraction of sp³-hybridized carbons (Fsp3) is 0.444. The number of rotatable bonds is 6. The van der Waals surface area contributed by atoms with Gasteiger partial charge in [0.1, 0.15) is 11.6 Å². The minimum atomic E-state index is -0.360. The highest BCUT2D eigenvalue weighted by Gasteiger charge is 2.42. The molecule has 3 aromatic heterocycles. The maximum Gasteiger partial charge on any atom is 0.300 e. The number of morpholine rings is 1. The summed E-state index contributed by atoms with van der Waals surface area (Å²) in [7, 11) is 1.65. The number of aliphatic imine (C=N–C) groups is 1. The number of pyridine rings is 2. The van der Waals surface area contributed by atoms with Gasteiger partial charge < -0.3 is 35.1 Å². The molecule has 2 atom stereocenters. The number of hydrogen-bond donors (Lipinski definition) is 3. The SMILES string of the molecule is CN=C/C(=C\N)c1cccc(NC(=O)c2cc3oc(N4CCOCC4)nc3nc2N2C3CCC2CC(O)C3)n1. The number of carbonyl (C=O) groups excluding carboxylic acids is 1. The molecule has 39 heavy (non-hydrogen) atoms. The Kier molecular flexibility index (Phi) is 6.88. The average molecular weight is 533 g/mol. The van der Waals surface area contributed by atoms with Gasteiger partial charge in [0.05, 0.1) is 30.6 Å². The van der Waals surface area contributed by atoms with Crippen LogP contribution >= 0.6 is 0 Å². The first-order valence-corrected chi connectivity index (χ1v) is 13.3. The molecule has 0 aromatic carbocycles. The molecule has 3 aromatic rings. The zero-order valence-corrected chi connectivity index (χ0v) is 21.8. The first-order chi connectivity index (χ1) is 19.0. The number of aromatic nitrogens is 3. The third-order valence-electron chi connectivity index (χ3n) is 7.56. The molecule has 3 aliphatic heterocycles. The highest BCUT2D eigenvalue weighted by molar-refractivity contribution is 6.10. The quantitative estimate of drug-likeness (QED) is 0.402. The number of nitrogens with one attached hydrogen (secondary N) is 1. The Morgan fingerprint density at radius 2 is 1.95 bits per heavy atom. The van der Waals surface area contributed by atoms with Crippen LogP contribution in [0.5, 0.6) is 0 Å². The number of aliphatic hydroxyl groups is 1. The van der Waals surface area contributed by atoms with Gasteiger partial charge in [-0.3, -0.25) is 9.79 Å². The van der Waals surface area contributed by atoms with Crippen molar-refractivity contribution in [2.24, 2.45) is 10.7 Å². The Balaban J connectivity index is 1.38. The van der Waals surface area contributed by atoms with Crippen molar-refractivity contribution in [3.05, 3.63) is 41.7 Å². The highest BCUT2D eigenvalue weighted by Crippen LogP contribution is 2.41. The van der Waals surface area contributed by atoms with Crippen molar-refractivity contribution in [3.8, 4) is 0 Å². The smallest absolute Gasteiger partial charge is 0.300 e. The van der Waals surface area contributed by atoms with Crippen molar-refractivity contribution >= 4 is 46.6 Å². The van der Waals surface area contributed by atoms with Crippen LogP contribution in [0, 0.1) is 0 Å². The van der Waals surface area contributed by atoms with Gasteiger partial charge in [-0.15, -0.1) is 0 Å². The zero-order valence-electron chi connectivity index (χ0n) is 21.8. The summed E-state index contributed by atoms with van der Waals surface area (Å²) in [5, 5.41) is 13.3. The number of nitrogens with two attached hydrogens (primary N) is 1. The molecule has 12 heteroatoms. The van der Waals surface area contributed by atoms with E-state index < -0.39 is 0 Å². The van der Waals surface area contributed by atoms with E-state index in [4.69, 9.17) is 19.9 Å². The number of anilines is 3. The lowest BCUT2D eigenvalue weighted by molar-refractivity contribution is 0.102. The van der Waals surface area contributed by atoms with Gasteiger partial charge in [0.25, 0.3) is 11.9 Å². The fourth-order valence-electron chi connectivity index (χ4n) is 5.77. The van der Waals surface area contributed by atoms with Crippen LogP contribution in [0.3, 0.4) is 0 Å². The summed E-state index contributed by atoms with van der Waals surface area (Å²) < 4.78 is 11.5. The molecule has 2 bridgehead atoms. The van der Waals surface area contributed by atoms with E-state index in [1.165, 1.54) is 6.20 Å². The topological polar surface area (TPSA) is 155 Å². The van der Waals surface area contributed by atoms with E-state index in [1.54, 1.807) is 37.5 Å². The largest absolute Gasteiger partial charge is 0.422 e. The monoisotopic (exact) mass is 532 g/mol. The Hall–Kier alpha value is -4.03. The number of carbonyl (C=O) groups is 1. The molecule has 12 nitrogen and oxygen atoms in total. The molecule has 3 fully saturated rings. The summed E-state index contributed by atoms with van der Waals surface area (Å²) in [6.07, 6.45) is 5.86. The van der Waals surface area contributed by atoms with E-state index in [2.05, 4.69) is 25.2 Å². The van der Waals surface area contributed by atoms with Crippen LogP contribution in [-0.2, 0) is 4.74 Å². The first-order valence-electron chi connectivity index (χ1n) is 13.3. The molecule has 6 heterocycles.